The molecule has 3 N–H and O–H groups in total. The molecule has 0 saturated heterocycles. The molecule has 0 radical (unpaired) electrons. The molecule has 0 spiro atoms. The fourth-order valence-corrected chi connectivity index (χ4v) is 2.68. The van der Waals surface area contributed by atoms with Crippen molar-refractivity contribution in [1.82, 2.24) is 9.97 Å². The van der Waals surface area contributed by atoms with E-state index in [1.165, 1.54) is 6.20 Å². The molecule has 3 aromatic rings. The maximum Gasteiger partial charge on any atom is 0.340 e. The van der Waals surface area contributed by atoms with Crippen LogP contribution in [0.3, 0.4) is 0 Å². The number of nitrogens with zero attached hydrogens (tertiary/aromatic N) is 2. The molecule has 0 aliphatic heterocycles. The van der Waals surface area contributed by atoms with Crippen LogP contribution in [0, 0.1) is 11.3 Å². The third-order valence-electron chi connectivity index (χ3n) is 4.29. The Labute approximate surface area is 173 Å². The summed E-state index contributed by atoms with van der Waals surface area (Å²) >= 11 is 0. The Hall–Kier alpha value is -4.12. The summed E-state index contributed by atoms with van der Waals surface area (Å²) in [5.41, 5.74) is 2.69. The van der Waals surface area contributed by atoms with Gasteiger partial charge in [-0.2, -0.15) is 5.26 Å². The van der Waals surface area contributed by atoms with Gasteiger partial charge in [-0.1, -0.05) is 25.5 Å². The minimum atomic E-state index is -0.638. The maximum atomic E-state index is 12.6. The fourth-order valence-electron chi connectivity index (χ4n) is 2.68. The molecule has 3 rings (SSSR count). The van der Waals surface area contributed by atoms with E-state index in [-0.39, 0.29) is 16.8 Å². The average Bonchev–Trinajstić information content (AvgIpc) is 3.22. The number of nitriles is 1. The summed E-state index contributed by atoms with van der Waals surface area (Å²) in [6.45, 7) is 2.31. The molecule has 8 heteroatoms. The summed E-state index contributed by atoms with van der Waals surface area (Å²) in [6, 6.07) is 13.8. The smallest absolute Gasteiger partial charge is 0.340 e. The van der Waals surface area contributed by atoms with Gasteiger partial charge in [0.2, 0.25) is 0 Å². The molecule has 0 aliphatic rings. The van der Waals surface area contributed by atoms with E-state index in [9.17, 15) is 14.9 Å². The predicted octanol–water partition coefficient (Wildman–Crippen LogP) is 3.98. The summed E-state index contributed by atoms with van der Waals surface area (Å²) in [5, 5.41) is 14.9. The van der Waals surface area contributed by atoms with Crippen molar-refractivity contribution in [3.8, 4) is 6.07 Å². The minimum Gasteiger partial charge on any atom is -0.462 e. The van der Waals surface area contributed by atoms with E-state index < -0.39 is 11.9 Å². The number of benzene rings is 2. The van der Waals surface area contributed by atoms with Gasteiger partial charge in [-0.05, 0) is 36.8 Å². The number of hydrogen-bond acceptors (Lipinski definition) is 6. The van der Waals surface area contributed by atoms with Crippen LogP contribution in [-0.4, -0.2) is 28.5 Å². The van der Waals surface area contributed by atoms with Gasteiger partial charge in [-0.3, -0.25) is 4.79 Å². The first-order valence-electron chi connectivity index (χ1n) is 9.49. The number of H-pyrrole nitrogens is 1. The van der Waals surface area contributed by atoms with Gasteiger partial charge >= 0.3 is 5.97 Å². The highest BCUT2D eigenvalue weighted by molar-refractivity contribution is 6.09. The van der Waals surface area contributed by atoms with Crippen molar-refractivity contribution in [3.05, 3.63) is 66.1 Å². The van der Waals surface area contributed by atoms with Crippen LogP contribution in [0.4, 0.5) is 11.4 Å². The van der Waals surface area contributed by atoms with Gasteiger partial charge in [-0.25, -0.2) is 9.78 Å². The van der Waals surface area contributed by atoms with E-state index in [2.05, 4.69) is 20.6 Å². The first kappa shape index (κ1) is 20.6. The Bertz CT molecular complexity index is 1130. The number of imidazole rings is 1. The number of carbonyl (C=O) groups excluding carboxylic acids is 2. The largest absolute Gasteiger partial charge is 0.462 e. The SMILES string of the molecule is CCCCOC(=O)c1ccccc1NC(=O)/C(C#N)=C\Nc1ccc2nc[nH]c2c1. The lowest BCUT2D eigenvalue weighted by Gasteiger charge is -2.10. The molecular weight excluding hydrogens is 382 g/mol. The number of amides is 1. The standard InChI is InChI=1S/C22H21N5O3/c1-2-3-10-30-22(29)17-6-4-5-7-18(17)27-21(28)15(12-23)13-24-16-8-9-19-20(11-16)26-14-25-19/h4-9,11,13-14,24H,2-3,10H2,1H3,(H,25,26)(H,27,28)/b15-13-. The van der Waals surface area contributed by atoms with Gasteiger partial charge in [0, 0.05) is 11.9 Å². The van der Waals surface area contributed by atoms with E-state index in [4.69, 9.17) is 4.74 Å². The van der Waals surface area contributed by atoms with Crippen LogP contribution < -0.4 is 10.6 Å². The lowest BCUT2D eigenvalue weighted by Crippen LogP contribution is -2.17. The highest BCUT2D eigenvalue weighted by Crippen LogP contribution is 2.18. The first-order chi connectivity index (χ1) is 14.6. The summed E-state index contributed by atoms with van der Waals surface area (Å²) < 4.78 is 5.22. The molecule has 8 nitrogen and oxygen atoms in total. The van der Waals surface area contributed by atoms with Gasteiger partial charge in [-0.15, -0.1) is 0 Å². The number of esters is 1. The number of aromatic amines is 1. The monoisotopic (exact) mass is 403 g/mol. The van der Waals surface area contributed by atoms with E-state index in [1.807, 2.05) is 25.1 Å². The fraction of sp³-hybridized carbons (Fsp3) is 0.182. The lowest BCUT2D eigenvalue weighted by atomic mass is 10.1. The van der Waals surface area contributed by atoms with Gasteiger partial charge < -0.3 is 20.4 Å². The van der Waals surface area contributed by atoms with Crippen molar-refractivity contribution in [2.45, 2.75) is 19.8 Å². The molecule has 30 heavy (non-hydrogen) atoms. The van der Waals surface area contributed by atoms with Crippen molar-refractivity contribution in [2.24, 2.45) is 0 Å². The van der Waals surface area contributed by atoms with E-state index in [0.29, 0.717) is 12.3 Å². The Morgan fingerprint density at radius 3 is 2.90 bits per heavy atom. The quantitative estimate of drug-likeness (QED) is 0.226. The van der Waals surface area contributed by atoms with Crippen LogP contribution >= 0.6 is 0 Å². The van der Waals surface area contributed by atoms with Crippen LogP contribution in [0.5, 0.6) is 0 Å². The molecule has 0 aliphatic carbocycles. The highest BCUT2D eigenvalue weighted by atomic mass is 16.5. The van der Waals surface area contributed by atoms with Crippen LogP contribution in [0.25, 0.3) is 11.0 Å². The summed E-state index contributed by atoms with van der Waals surface area (Å²) in [5.74, 6) is -1.16. The second kappa shape index (κ2) is 9.89. The van der Waals surface area contributed by atoms with Crippen molar-refractivity contribution < 1.29 is 14.3 Å². The maximum absolute atomic E-state index is 12.6. The molecule has 0 saturated carbocycles. The molecule has 1 heterocycles. The number of fused-ring (bicyclic) bond motifs is 1. The lowest BCUT2D eigenvalue weighted by molar-refractivity contribution is -0.112. The summed E-state index contributed by atoms with van der Waals surface area (Å²) in [7, 11) is 0. The first-order valence-corrected chi connectivity index (χ1v) is 9.49. The molecule has 1 aromatic heterocycles. The number of rotatable bonds is 8. The van der Waals surface area contributed by atoms with E-state index in [0.717, 1.165) is 23.9 Å². The minimum absolute atomic E-state index is 0.145. The average molecular weight is 403 g/mol. The molecule has 2 aromatic carbocycles. The Kier molecular flexibility index (Phi) is 6.79. The second-order valence-electron chi connectivity index (χ2n) is 6.44. The number of nitrogens with one attached hydrogen (secondary N) is 3. The van der Waals surface area contributed by atoms with Crippen molar-refractivity contribution in [2.75, 3.05) is 17.2 Å². The van der Waals surface area contributed by atoms with E-state index >= 15 is 0 Å². The van der Waals surface area contributed by atoms with Crippen LogP contribution in [-0.2, 0) is 9.53 Å². The van der Waals surface area contributed by atoms with Gasteiger partial charge in [0.1, 0.15) is 11.6 Å². The summed E-state index contributed by atoms with van der Waals surface area (Å²) in [6.07, 6.45) is 4.57. The molecule has 0 unspecified atom stereocenters. The molecule has 0 bridgehead atoms. The highest BCUT2D eigenvalue weighted by Gasteiger charge is 2.16. The molecule has 0 fully saturated rings. The zero-order valence-corrected chi connectivity index (χ0v) is 16.4. The zero-order chi connectivity index (χ0) is 21.3. The molecule has 0 atom stereocenters. The third kappa shape index (κ3) is 5.02. The Morgan fingerprint density at radius 2 is 2.10 bits per heavy atom. The summed E-state index contributed by atoms with van der Waals surface area (Å²) in [4.78, 5) is 32.0. The van der Waals surface area contributed by atoms with Crippen LogP contribution in [0.1, 0.15) is 30.1 Å². The number of aromatic nitrogens is 2. The van der Waals surface area contributed by atoms with Crippen molar-refractivity contribution >= 4 is 34.3 Å². The second-order valence-corrected chi connectivity index (χ2v) is 6.44. The third-order valence-corrected chi connectivity index (χ3v) is 4.29. The number of unbranched alkanes of at least 4 members (excludes halogenated alkanes) is 1. The van der Waals surface area contributed by atoms with E-state index in [1.54, 1.807) is 36.7 Å². The Morgan fingerprint density at radius 1 is 1.27 bits per heavy atom. The number of carbonyl (C=O) groups is 2. The normalized spacial score (nSPS) is 11.0. The van der Waals surface area contributed by atoms with Crippen LogP contribution in [0.15, 0.2) is 60.6 Å². The van der Waals surface area contributed by atoms with Crippen molar-refractivity contribution in [3.63, 3.8) is 0 Å². The number of para-hydroxylation sites is 1. The zero-order valence-electron chi connectivity index (χ0n) is 16.4. The van der Waals surface area contributed by atoms with Gasteiger partial charge in [0.05, 0.1) is 35.2 Å². The molecule has 152 valence electrons. The van der Waals surface area contributed by atoms with Crippen LogP contribution in [0.2, 0.25) is 0 Å². The molecular formula is C22H21N5O3. The number of anilines is 2. The topological polar surface area (TPSA) is 120 Å². The molecule has 1 amide bonds. The van der Waals surface area contributed by atoms with Gasteiger partial charge in [0.15, 0.2) is 0 Å². The van der Waals surface area contributed by atoms with Gasteiger partial charge in [0.25, 0.3) is 5.91 Å². The number of ether oxygens (including phenoxy) is 1. The number of hydrogen-bond donors (Lipinski definition) is 3. The van der Waals surface area contributed by atoms with Crippen molar-refractivity contribution in [1.29, 1.82) is 5.26 Å². The predicted molar refractivity (Wildman–Crippen MR) is 114 cm³/mol. The Balaban J connectivity index is 1.71.